The summed E-state index contributed by atoms with van der Waals surface area (Å²) in [7, 11) is -3.72. The minimum atomic E-state index is -3.72. The quantitative estimate of drug-likeness (QED) is 0.591. The van der Waals surface area contributed by atoms with Gasteiger partial charge < -0.3 is 10.1 Å². The molecule has 10 heteroatoms. The molecule has 3 aromatic rings. The number of nitrogens with one attached hydrogen (secondary N) is 1. The van der Waals surface area contributed by atoms with E-state index in [2.05, 4.69) is 10.4 Å². The fourth-order valence-electron chi connectivity index (χ4n) is 3.54. The lowest BCUT2D eigenvalue weighted by molar-refractivity contribution is -0.117. The third-order valence-electron chi connectivity index (χ3n) is 5.29. The Morgan fingerprint density at radius 2 is 1.79 bits per heavy atom. The molecule has 1 amide bonds. The maximum absolute atomic E-state index is 13.1. The Kier molecular flexibility index (Phi) is 6.68. The van der Waals surface area contributed by atoms with Crippen molar-refractivity contribution in [3.05, 3.63) is 76.6 Å². The molecule has 1 saturated heterocycles. The number of rotatable bonds is 6. The van der Waals surface area contributed by atoms with E-state index in [0.29, 0.717) is 30.2 Å². The predicted molar refractivity (Wildman–Crippen MR) is 123 cm³/mol. The highest BCUT2D eigenvalue weighted by atomic mass is 32.2. The molecule has 4 rings (SSSR count). The zero-order chi connectivity index (χ0) is 23.4. The summed E-state index contributed by atoms with van der Waals surface area (Å²) in [6.45, 7) is 2.66. The highest BCUT2D eigenvalue weighted by molar-refractivity contribution is 7.89. The van der Waals surface area contributed by atoms with Crippen LogP contribution in [0, 0.1) is 6.92 Å². The fourth-order valence-corrected chi connectivity index (χ4v) is 5.20. The van der Waals surface area contributed by atoms with Crippen molar-refractivity contribution in [2.24, 2.45) is 0 Å². The summed E-state index contributed by atoms with van der Waals surface area (Å²) in [6, 6.07) is 17.0. The maximum atomic E-state index is 13.1. The molecule has 0 saturated carbocycles. The van der Waals surface area contributed by atoms with E-state index in [1.165, 1.54) is 16.4 Å². The second-order valence-electron chi connectivity index (χ2n) is 7.63. The first kappa shape index (κ1) is 22.8. The van der Waals surface area contributed by atoms with Gasteiger partial charge in [0, 0.05) is 30.4 Å². The molecule has 1 fully saturated rings. The predicted octanol–water partition coefficient (Wildman–Crippen LogP) is 1.88. The second-order valence-corrected chi connectivity index (χ2v) is 9.53. The van der Waals surface area contributed by atoms with Crippen molar-refractivity contribution in [1.82, 2.24) is 14.1 Å². The van der Waals surface area contributed by atoms with Crippen LogP contribution in [0.4, 0.5) is 5.69 Å². The normalized spacial score (nSPS) is 14.7. The van der Waals surface area contributed by atoms with Gasteiger partial charge in [-0.3, -0.25) is 9.59 Å². The average Bonchev–Trinajstić information content (AvgIpc) is 2.83. The number of morpholine rings is 1. The van der Waals surface area contributed by atoms with Crippen LogP contribution in [-0.4, -0.2) is 54.7 Å². The summed E-state index contributed by atoms with van der Waals surface area (Å²) < 4.78 is 33.8. The molecule has 1 N–H and O–H groups in total. The zero-order valence-electron chi connectivity index (χ0n) is 18.1. The van der Waals surface area contributed by atoms with Crippen molar-refractivity contribution in [1.29, 1.82) is 0 Å². The number of hydrogen-bond acceptors (Lipinski definition) is 6. The lowest BCUT2D eigenvalue weighted by Gasteiger charge is -2.26. The number of sulfonamides is 1. The average molecular weight is 469 g/mol. The van der Waals surface area contributed by atoms with Crippen LogP contribution in [0.15, 0.2) is 70.4 Å². The van der Waals surface area contributed by atoms with Crippen LogP contribution in [0.3, 0.4) is 0 Å². The molecule has 1 aliphatic rings. The molecular weight excluding hydrogens is 444 g/mol. The highest BCUT2D eigenvalue weighted by Crippen LogP contribution is 2.24. The van der Waals surface area contributed by atoms with Gasteiger partial charge in [-0.15, -0.1) is 0 Å². The minimum Gasteiger partial charge on any atom is -0.379 e. The van der Waals surface area contributed by atoms with Gasteiger partial charge in [-0.2, -0.15) is 9.40 Å². The summed E-state index contributed by atoms with van der Waals surface area (Å²) in [5.41, 5.74) is 1.88. The first-order valence-corrected chi connectivity index (χ1v) is 11.9. The van der Waals surface area contributed by atoms with Crippen LogP contribution in [0.5, 0.6) is 0 Å². The molecule has 1 aliphatic heterocycles. The Bertz CT molecular complexity index is 1320. The largest absolute Gasteiger partial charge is 0.379 e. The van der Waals surface area contributed by atoms with Crippen molar-refractivity contribution in [2.45, 2.75) is 18.4 Å². The van der Waals surface area contributed by atoms with Crippen molar-refractivity contribution < 1.29 is 17.9 Å². The van der Waals surface area contributed by atoms with Gasteiger partial charge in [0.15, 0.2) is 0 Å². The van der Waals surface area contributed by atoms with Crippen LogP contribution < -0.4 is 10.9 Å². The second kappa shape index (κ2) is 9.65. The summed E-state index contributed by atoms with van der Waals surface area (Å²) in [4.78, 5) is 25.0. The van der Waals surface area contributed by atoms with E-state index in [9.17, 15) is 18.0 Å². The molecular formula is C23H24N4O5S. The van der Waals surface area contributed by atoms with Crippen LogP contribution >= 0.6 is 0 Å². The summed E-state index contributed by atoms with van der Waals surface area (Å²) in [5, 5.41) is 6.96. The SMILES string of the molecule is Cc1ccc(NC(=O)Cn2nc(-c3ccccc3)ccc2=O)cc1S(=O)(=O)N1CCOCC1. The zero-order valence-corrected chi connectivity index (χ0v) is 18.9. The Balaban J connectivity index is 1.53. The smallest absolute Gasteiger partial charge is 0.267 e. The van der Waals surface area contributed by atoms with Crippen LogP contribution in [0.25, 0.3) is 11.3 Å². The number of anilines is 1. The van der Waals surface area contributed by atoms with Gasteiger partial charge in [0.2, 0.25) is 15.9 Å². The Hall–Kier alpha value is -3.34. The molecule has 2 heterocycles. The number of amides is 1. The summed E-state index contributed by atoms with van der Waals surface area (Å²) >= 11 is 0. The van der Waals surface area contributed by atoms with Crippen molar-refractivity contribution in [3.8, 4) is 11.3 Å². The lowest BCUT2D eigenvalue weighted by atomic mass is 10.1. The van der Waals surface area contributed by atoms with Crippen molar-refractivity contribution in [3.63, 3.8) is 0 Å². The summed E-state index contributed by atoms with van der Waals surface area (Å²) in [6.07, 6.45) is 0. The van der Waals surface area contributed by atoms with Crippen LogP contribution in [-0.2, 0) is 26.1 Å². The number of carbonyl (C=O) groups is 1. The van der Waals surface area contributed by atoms with Gasteiger partial charge in [-0.25, -0.2) is 13.1 Å². The first-order valence-electron chi connectivity index (χ1n) is 10.5. The lowest BCUT2D eigenvalue weighted by Crippen LogP contribution is -2.40. The van der Waals surface area contributed by atoms with E-state index in [1.54, 1.807) is 25.1 Å². The van der Waals surface area contributed by atoms with E-state index in [4.69, 9.17) is 4.74 Å². The number of ether oxygens (including phenoxy) is 1. The molecule has 9 nitrogen and oxygen atoms in total. The van der Waals surface area contributed by atoms with Gasteiger partial charge in [0.25, 0.3) is 5.56 Å². The van der Waals surface area contributed by atoms with E-state index in [1.807, 2.05) is 30.3 Å². The molecule has 1 aromatic heterocycles. The number of nitrogens with zero attached hydrogens (tertiary/aromatic N) is 3. The van der Waals surface area contributed by atoms with Crippen molar-refractivity contribution >= 4 is 21.6 Å². The molecule has 0 atom stereocenters. The van der Waals surface area contributed by atoms with Crippen molar-refractivity contribution in [2.75, 3.05) is 31.6 Å². The monoisotopic (exact) mass is 468 g/mol. The van der Waals surface area contributed by atoms with Crippen LogP contribution in [0.2, 0.25) is 0 Å². The van der Waals surface area contributed by atoms with Gasteiger partial charge in [-0.1, -0.05) is 36.4 Å². The van der Waals surface area contributed by atoms with E-state index >= 15 is 0 Å². The topological polar surface area (TPSA) is 111 Å². The molecule has 0 bridgehead atoms. The van der Waals surface area contributed by atoms with Gasteiger partial charge >= 0.3 is 0 Å². The Labute approximate surface area is 191 Å². The molecule has 0 radical (unpaired) electrons. The molecule has 0 aliphatic carbocycles. The van der Waals surface area contributed by atoms with Gasteiger partial charge in [0.1, 0.15) is 6.54 Å². The third kappa shape index (κ3) is 5.19. The number of carbonyl (C=O) groups excluding carboxylic acids is 1. The molecule has 2 aromatic carbocycles. The highest BCUT2D eigenvalue weighted by Gasteiger charge is 2.28. The standard InChI is InChI=1S/C23H24N4O5S/c1-17-7-8-19(15-21(17)33(30,31)26-11-13-32-14-12-26)24-22(28)16-27-23(29)10-9-20(25-27)18-5-3-2-4-6-18/h2-10,15H,11-14,16H2,1H3,(H,24,28). The number of hydrogen-bond donors (Lipinski definition) is 1. The first-order chi connectivity index (χ1) is 15.8. The van der Waals surface area contributed by atoms with Crippen LogP contribution in [0.1, 0.15) is 5.56 Å². The third-order valence-corrected chi connectivity index (χ3v) is 7.33. The fraction of sp³-hybridized carbons (Fsp3) is 0.261. The minimum absolute atomic E-state index is 0.128. The van der Waals surface area contributed by atoms with Gasteiger partial charge in [0.05, 0.1) is 23.8 Å². The van der Waals surface area contributed by atoms with Gasteiger partial charge in [-0.05, 0) is 30.7 Å². The molecule has 0 unspecified atom stereocenters. The Morgan fingerprint density at radius 1 is 1.06 bits per heavy atom. The van der Waals surface area contributed by atoms with E-state index < -0.39 is 21.5 Å². The molecule has 172 valence electrons. The number of aromatic nitrogens is 2. The maximum Gasteiger partial charge on any atom is 0.267 e. The van der Waals surface area contributed by atoms with E-state index in [0.717, 1.165) is 10.2 Å². The molecule has 33 heavy (non-hydrogen) atoms. The van der Waals surface area contributed by atoms with E-state index in [-0.39, 0.29) is 24.5 Å². The Morgan fingerprint density at radius 3 is 2.52 bits per heavy atom. The molecule has 0 spiro atoms. The number of aryl methyl sites for hydroxylation is 1. The summed E-state index contributed by atoms with van der Waals surface area (Å²) in [5.74, 6) is -0.492. The number of benzene rings is 2.